The van der Waals surface area contributed by atoms with E-state index in [1.165, 1.54) is 31.5 Å². The van der Waals surface area contributed by atoms with E-state index in [4.69, 9.17) is 10.5 Å². The van der Waals surface area contributed by atoms with Crippen LogP contribution in [-0.4, -0.2) is 37.5 Å². The summed E-state index contributed by atoms with van der Waals surface area (Å²) in [6.45, 7) is 15.2. The number of rotatable bonds is 4. The molecule has 2 N–H and O–H groups in total. The van der Waals surface area contributed by atoms with Crippen LogP contribution in [0.5, 0.6) is 0 Å². The number of carbonyl (C=O) groups is 1. The molecule has 0 radical (unpaired) electrons. The van der Waals surface area contributed by atoms with E-state index in [1.54, 1.807) is 0 Å². The van der Waals surface area contributed by atoms with Crippen LogP contribution in [0.1, 0.15) is 56.7 Å². The number of hydrogen-bond donors (Lipinski definition) is 1. The lowest BCUT2D eigenvalue weighted by Crippen LogP contribution is -2.49. The Bertz CT molecular complexity index is 596. The molecule has 1 heterocycles. The minimum atomic E-state index is -1.20. The fraction of sp³-hybridized carbons (Fsp3) is 0.650. The molecule has 1 aromatic carbocycles. The van der Waals surface area contributed by atoms with Gasteiger partial charge in [-0.2, -0.15) is 0 Å². The number of nitrogens with zero attached hydrogens (tertiary/aromatic N) is 1. The van der Waals surface area contributed by atoms with E-state index in [2.05, 4.69) is 36.3 Å². The molecular formula is C20H34N2O2Si. The van der Waals surface area contributed by atoms with Crippen molar-refractivity contribution in [2.75, 3.05) is 13.1 Å². The van der Waals surface area contributed by atoms with Crippen LogP contribution in [0, 0.1) is 0 Å². The highest BCUT2D eigenvalue weighted by atomic mass is 28.3. The van der Waals surface area contributed by atoms with Crippen LogP contribution < -0.4 is 5.73 Å². The normalized spacial score (nSPS) is 18.8. The topological polar surface area (TPSA) is 55.6 Å². The van der Waals surface area contributed by atoms with Crippen molar-refractivity contribution < 1.29 is 9.53 Å². The van der Waals surface area contributed by atoms with Crippen LogP contribution in [0.2, 0.25) is 19.6 Å². The molecule has 1 fully saturated rings. The lowest BCUT2D eigenvalue weighted by molar-refractivity contribution is -0.156. The standard InChI is InChI=1S/C20H34N2O2Si/c1-20(2,3)24-19(23)18(21)17-9-7-8-16(14-17)15-10-12-22(13-11-15)25(4,5)6/h7-9,14-15,18H,10-13,21H2,1-6H3. The average Bonchev–Trinajstić information content (AvgIpc) is 2.52. The van der Waals surface area contributed by atoms with E-state index < -0.39 is 19.9 Å². The van der Waals surface area contributed by atoms with Crippen molar-refractivity contribution in [3.05, 3.63) is 35.4 Å². The Morgan fingerprint density at radius 1 is 1.24 bits per heavy atom. The van der Waals surface area contributed by atoms with Crippen molar-refractivity contribution in [1.82, 2.24) is 4.57 Å². The van der Waals surface area contributed by atoms with Gasteiger partial charge in [-0.1, -0.05) is 43.9 Å². The zero-order chi connectivity index (χ0) is 18.8. The van der Waals surface area contributed by atoms with Gasteiger partial charge in [0.1, 0.15) is 19.9 Å². The molecule has 0 aliphatic carbocycles. The summed E-state index contributed by atoms with van der Waals surface area (Å²) in [7, 11) is -1.20. The van der Waals surface area contributed by atoms with Crippen LogP contribution in [0.15, 0.2) is 24.3 Å². The maximum atomic E-state index is 12.3. The second kappa shape index (κ2) is 7.60. The molecule has 5 heteroatoms. The monoisotopic (exact) mass is 362 g/mol. The number of hydrogen-bond acceptors (Lipinski definition) is 4. The highest BCUT2D eigenvalue weighted by Crippen LogP contribution is 2.31. The first-order valence-corrected chi connectivity index (χ1v) is 12.8. The summed E-state index contributed by atoms with van der Waals surface area (Å²) in [5.41, 5.74) is 7.77. The van der Waals surface area contributed by atoms with Gasteiger partial charge >= 0.3 is 5.97 Å². The predicted octanol–water partition coefficient (Wildman–Crippen LogP) is 4.04. The van der Waals surface area contributed by atoms with Crippen molar-refractivity contribution in [2.45, 2.75) is 70.8 Å². The molecule has 1 atom stereocenters. The molecular weight excluding hydrogens is 328 g/mol. The minimum absolute atomic E-state index is 0.363. The summed E-state index contributed by atoms with van der Waals surface area (Å²) in [5, 5.41) is 0. The van der Waals surface area contributed by atoms with Gasteiger partial charge in [-0.15, -0.1) is 0 Å². The fourth-order valence-electron chi connectivity index (χ4n) is 3.39. The van der Waals surface area contributed by atoms with E-state index in [-0.39, 0.29) is 5.97 Å². The van der Waals surface area contributed by atoms with E-state index in [9.17, 15) is 4.79 Å². The first kappa shape index (κ1) is 20.1. The zero-order valence-electron chi connectivity index (χ0n) is 16.6. The van der Waals surface area contributed by atoms with Gasteiger partial charge in [0.05, 0.1) is 0 Å². The summed E-state index contributed by atoms with van der Waals surface area (Å²) in [4.78, 5) is 12.3. The number of nitrogens with two attached hydrogens (primary N) is 1. The average molecular weight is 363 g/mol. The lowest BCUT2D eigenvalue weighted by atomic mass is 9.88. The molecule has 1 aromatic rings. The summed E-state index contributed by atoms with van der Waals surface area (Å²) < 4.78 is 8.11. The summed E-state index contributed by atoms with van der Waals surface area (Å²) in [6, 6.07) is 7.49. The van der Waals surface area contributed by atoms with Crippen LogP contribution in [0.25, 0.3) is 0 Å². The maximum absolute atomic E-state index is 12.3. The Morgan fingerprint density at radius 2 is 1.84 bits per heavy atom. The number of piperidine rings is 1. The Labute approximate surface area is 153 Å². The van der Waals surface area contributed by atoms with Gasteiger partial charge in [0.25, 0.3) is 0 Å². The first-order valence-electron chi connectivity index (χ1n) is 9.31. The summed E-state index contributed by atoms with van der Waals surface area (Å²) in [5.74, 6) is 0.191. The Kier molecular flexibility index (Phi) is 6.12. The van der Waals surface area contributed by atoms with E-state index >= 15 is 0 Å². The van der Waals surface area contributed by atoms with Crippen LogP contribution in [-0.2, 0) is 9.53 Å². The van der Waals surface area contributed by atoms with Gasteiger partial charge in [0.15, 0.2) is 0 Å². The third-order valence-electron chi connectivity index (χ3n) is 4.85. The molecule has 2 rings (SSSR count). The molecule has 1 saturated heterocycles. The largest absolute Gasteiger partial charge is 0.459 e. The van der Waals surface area contributed by atoms with E-state index in [1.807, 2.05) is 32.9 Å². The summed E-state index contributed by atoms with van der Waals surface area (Å²) >= 11 is 0. The van der Waals surface area contributed by atoms with Gasteiger partial charge in [-0.25, -0.2) is 4.79 Å². The molecule has 1 aliphatic rings. The molecule has 4 nitrogen and oxygen atoms in total. The molecule has 140 valence electrons. The Hall–Kier alpha value is -1.17. The van der Waals surface area contributed by atoms with Crippen molar-refractivity contribution in [3.8, 4) is 0 Å². The zero-order valence-corrected chi connectivity index (χ0v) is 17.6. The molecule has 0 aromatic heterocycles. The van der Waals surface area contributed by atoms with Crippen LogP contribution in [0.3, 0.4) is 0 Å². The molecule has 1 unspecified atom stereocenters. The summed E-state index contributed by atoms with van der Waals surface area (Å²) in [6.07, 6.45) is 2.35. The Morgan fingerprint density at radius 3 is 2.36 bits per heavy atom. The fourth-order valence-corrected chi connectivity index (χ4v) is 4.99. The highest BCUT2D eigenvalue weighted by molar-refractivity contribution is 6.73. The maximum Gasteiger partial charge on any atom is 0.328 e. The van der Waals surface area contributed by atoms with E-state index in [0.717, 1.165) is 5.56 Å². The Balaban J connectivity index is 2.06. The van der Waals surface area contributed by atoms with Gasteiger partial charge < -0.3 is 15.0 Å². The molecule has 0 saturated carbocycles. The van der Waals surface area contributed by atoms with Crippen molar-refractivity contribution in [2.24, 2.45) is 5.73 Å². The third-order valence-corrected chi connectivity index (χ3v) is 7.19. The van der Waals surface area contributed by atoms with Gasteiger partial charge in [-0.3, -0.25) is 0 Å². The predicted molar refractivity (Wildman–Crippen MR) is 106 cm³/mol. The molecule has 0 amide bonds. The second-order valence-corrected chi connectivity index (χ2v) is 14.1. The number of carbonyl (C=O) groups excluding carboxylic acids is 1. The van der Waals surface area contributed by atoms with Crippen LogP contribution in [0.4, 0.5) is 0 Å². The lowest BCUT2D eigenvalue weighted by Gasteiger charge is -2.40. The molecule has 0 bridgehead atoms. The number of esters is 1. The van der Waals surface area contributed by atoms with Crippen molar-refractivity contribution in [1.29, 1.82) is 0 Å². The number of benzene rings is 1. The van der Waals surface area contributed by atoms with Crippen molar-refractivity contribution >= 4 is 14.2 Å². The van der Waals surface area contributed by atoms with Gasteiger partial charge in [0.2, 0.25) is 0 Å². The first-order chi connectivity index (χ1) is 11.5. The van der Waals surface area contributed by atoms with Crippen LogP contribution >= 0.6 is 0 Å². The minimum Gasteiger partial charge on any atom is -0.459 e. The van der Waals surface area contributed by atoms with Gasteiger partial charge in [0, 0.05) is 0 Å². The smallest absolute Gasteiger partial charge is 0.328 e. The third kappa shape index (κ3) is 5.66. The molecule has 0 spiro atoms. The highest BCUT2D eigenvalue weighted by Gasteiger charge is 2.29. The second-order valence-electron chi connectivity index (χ2n) is 9.11. The van der Waals surface area contributed by atoms with Crippen molar-refractivity contribution in [3.63, 3.8) is 0 Å². The SMILES string of the molecule is CC(C)(C)OC(=O)C(N)c1cccc(C2CCN([Si](C)(C)C)CC2)c1. The quantitative estimate of drug-likeness (QED) is 0.649. The molecule has 25 heavy (non-hydrogen) atoms. The van der Waals surface area contributed by atoms with E-state index in [0.29, 0.717) is 5.92 Å². The van der Waals surface area contributed by atoms with Gasteiger partial charge in [-0.05, 0) is 63.7 Å². The number of ether oxygens (including phenoxy) is 1. The molecule has 1 aliphatic heterocycles.